The molecule has 0 unspecified atom stereocenters. The van der Waals surface area contributed by atoms with Crippen LogP contribution in [0.25, 0.3) is 11.3 Å². The third-order valence-corrected chi connectivity index (χ3v) is 16.0. The van der Waals surface area contributed by atoms with Crippen molar-refractivity contribution in [1.82, 2.24) is 23.8 Å². The number of aromatic hydroxyl groups is 1. The second-order valence-corrected chi connectivity index (χ2v) is 20.6. The largest absolute Gasteiger partial charge is 0.508 e. The Morgan fingerprint density at radius 3 is 2.23 bits per heavy atom. The SMILES string of the molecule is Cc1c(N(C(=O)c2cc(-c3cc4c(cc3C(=O)N3Cc5ccccc5C[C@H]3CN3CCCCC3)CN(C(=O)Cc3ccc(COCC5CCOCC5)cc3)CC4)n(C)c2C)c2ccc(O)cc2)cc(C#N)n1C. The predicted octanol–water partition coefficient (Wildman–Crippen LogP) is 9.33. The summed E-state index contributed by atoms with van der Waals surface area (Å²) in [6.07, 6.45) is 7.24. The quantitative estimate of drug-likeness (QED) is 0.121. The average molecular weight is 982 g/mol. The maximum absolute atomic E-state index is 15.8. The zero-order valence-electron chi connectivity index (χ0n) is 42.7. The van der Waals surface area contributed by atoms with Gasteiger partial charge in [-0.1, -0.05) is 55.0 Å². The number of fused-ring (bicyclic) bond motifs is 2. The molecule has 1 atom stereocenters. The van der Waals surface area contributed by atoms with Gasteiger partial charge in [0.15, 0.2) is 0 Å². The van der Waals surface area contributed by atoms with Gasteiger partial charge >= 0.3 is 0 Å². The van der Waals surface area contributed by atoms with Crippen LogP contribution in [0.1, 0.15) is 103 Å². The average Bonchev–Trinajstić information content (AvgIpc) is 3.88. The number of carbonyl (C=O) groups excluding carboxylic acids is 3. The molecule has 0 saturated carbocycles. The van der Waals surface area contributed by atoms with Gasteiger partial charge < -0.3 is 38.4 Å². The number of carbonyl (C=O) groups is 3. The smallest absolute Gasteiger partial charge is 0.264 e. The van der Waals surface area contributed by atoms with Crippen molar-refractivity contribution in [3.05, 3.63) is 159 Å². The van der Waals surface area contributed by atoms with E-state index in [2.05, 4.69) is 52.3 Å². The summed E-state index contributed by atoms with van der Waals surface area (Å²) in [5.74, 6) is 0.255. The number of aromatic nitrogens is 2. The molecule has 0 radical (unpaired) electrons. The number of amides is 3. The summed E-state index contributed by atoms with van der Waals surface area (Å²) in [6.45, 7) is 10.9. The molecular formula is C60H67N7O6. The molecule has 3 amide bonds. The van der Waals surface area contributed by atoms with Crippen molar-refractivity contribution in [2.75, 3.05) is 50.9 Å². The summed E-state index contributed by atoms with van der Waals surface area (Å²) in [5.41, 5.74) is 11.8. The van der Waals surface area contributed by atoms with Gasteiger partial charge in [0.2, 0.25) is 5.91 Å². The molecule has 2 aromatic heterocycles. The molecule has 2 saturated heterocycles. The van der Waals surface area contributed by atoms with Crippen LogP contribution >= 0.6 is 0 Å². The van der Waals surface area contributed by atoms with Gasteiger partial charge in [0.25, 0.3) is 11.8 Å². The molecule has 2 fully saturated rings. The van der Waals surface area contributed by atoms with E-state index in [0.717, 1.165) is 116 Å². The monoisotopic (exact) mass is 982 g/mol. The van der Waals surface area contributed by atoms with E-state index in [1.165, 1.54) is 12.0 Å². The molecule has 73 heavy (non-hydrogen) atoms. The lowest BCUT2D eigenvalue weighted by molar-refractivity contribution is -0.131. The highest BCUT2D eigenvalue weighted by atomic mass is 16.5. The molecule has 1 N–H and O–H groups in total. The summed E-state index contributed by atoms with van der Waals surface area (Å²) >= 11 is 0. The van der Waals surface area contributed by atoms with Crippen molar-refractivity contribution in [3.63, 3.8) is 0 Å². The van der Waals surface area contributed by atoms with E-state index in [4.69, 9.17) is 9.47 Å². The van der Waals surface area contributed by atoms with Gasteiger partial charge in [0.1, 0.15) is 17.5 Å². The number of phenols is 1. The van der Waals surface area contributed by atoms with Gasteiger partial charge in [-0.25, -0.2) is 0 Å². The van der Waals surface area contributed by atoms with Crippen LogP contribution in [0.15, 0.2) is 97.1 Å². The Labute approximate surface area is 429 Å². The fourth-order valence-corrected chi connectivity index (χ4v) is 11.4. The molecule has 10 rings (SSSR count). The third-order valence-electron chi connectivity index (χ3n) is 16.0. The summed E-state index contributed by atoms with van der Waals surface area (Å²) in [5, 5.41) is 20.3. The Bertz CT molecular complexity index is 3040. The highest BCUT2D eigenvalue weighted by Gasteiger charge is 2.36. The lowest BCUT2D eigenvalue weighted by Gasteiger charge is -2.41. The number of rotatable bonds is 13. The van der Waals surface area contributed by atoms with Gasteiger partial charge in [-0.15, -0.1) is 0 Å². The van der Waals surface area contributed by atoms with Crippen LogP contribution in [0, 0.1) is 31.1 Å². The molecule has 4 aliphatic rings. The first kappa shape index (κ1) is 49.6. The van der Waals surface area contributed by atoms with Crippen molar-refractivity contribution < 1.29 is 29.0 Å². The molecule has 6 aromatic rings. The zero-order chi connectivity index (χ0) is 50.8. The number of anilines is 2. The van der Waals surface area contributed by atoms with Crippen molar-refractivity contribution in [2.45, 2.75) is 91.0 Å². The van der Waals surface area contributed by atoms with Gasteiger partial charge in [-0.2, -0.15) is 5.26 Å². The van der Waals surface area contributed by atoms with E-state index in [-0.39, 0.29) is 35.9 Å². The second kappa shape index (κ2) is 21.6. The van der Waals surface area contributed by atoms with Gasteiger partial charge in [0, 0.05) is 93.4 Å². The van der Waals surface area contributed by atoms with Gasteiger partial charge in [-0.05, 0) is 153 Å². The van der Waals surface area contributed by atoms with Crippen molar-refractivity contribution >= 4 is 29.1 Å². The van der Waals surface area contributed by atoms with Crippen LogP contribution < -0.4 is 4.90 Å². The first-order valence-electron chi connectivity index (χ1n) is 26.1. The fourth-order valence-electron chi connectivity index (χ4n) is 11.4. The molecule has 13 heteroatoms. The first-order chi connectivity index (χ1) is 35.4. The van der Waals surface area contributed by atoms with Crippen LogP contribution in [0.4, 0.5) is 11.4 Å². The van der Waals surface area contributed by atoms with Crippen LogP contribution in [0.5, 0.6) is 5.75 Å². The van der Waals surface area contributed by atoms with E-state index >= 15 is 9.59 Å². The maximum Gasteiger partial charge on any atom is 0.264 e. The number of likely N-dealkylation sites (tertiary alicyclic amines) is 1. The lowest BCUT2D eigenvalue weighted by Crippen LogP contribution is -2.51. The van der Waals surface area contributed by atoms with Crippen LogP contribution in [0.2, 0.25) is 0 Å². The molecule has 0 aliphatic carbocycles. The minimum atomic E-state index is -0.314. The van der Waals surface area contributed by atoms with E-state index in [1.807, 2.05) is 60.7 Å². The molecule has 378 valence electrons. The summed E-state index contributed by atoms with van der Waals surface area (Å²) in [6, 6.07) is 33.1. The molecule has 6 heterocycles. The molecule has 4 aliphatic heterocycles. The number of nitrogens with zero attached hydrogens (tertiary/aromatic N) is 7. The Morgan fingerprint density at radius 1 is 0.781 bits per heavy atom. The van der Waals surface area contributed by atoms with Crippen molar-refractivity contribution in [3.8, 4) is 23.1 Å². The van der Waals surface area contributed by atoms with Gasteiger partial charge in [-0.3, -0.25) is 19.3 Å². The van der Waals surface area contributed by atoms with E-state index < -0.39 is 0 Å². The Kier molecular flexibility index (Phi) is 14.7. The van der Waals surface area contributed by atoms with Crippen LogP contribution in [-0.2, 0) is 67.3 Å². The normalized spacial score (nSPS) is 17.2. The molecule has 4 aromatic carbocycles. The number of piperidine rings is 1. The van der Waals surface area contributed by atoms with Crippen LogP contribution in [0.3, 0.4) is 0 Å². The predicted molar refractivity (Wildman–Crippen MR) is 282 cm³/mol. The summed E-state index contributed by atoms with van der Waals surface area (Å²) < 4.78 is 15.3. The topological polar surface area (TPSA) is 137 Å². The fraction of sp³-hybridized carbons (Fsp3) is 0.400. The number of hydrogen-bond donors (Lipinski definition) is 1. The van der Waals surface area contributed by atoms with Crippen molar-refractivity contribution in [1.29, 1.82) is 5.26 Å². The van der Waals surface area contributed by atoms with Gasteiger partial charge in [0.05, 0.1) is 30.9 Å². The summed E-state index contributed by atoms with van der Waals surface area (Å²) in [4.78, 5) is 53.3. The number of hydrogen-bond acceptors (Lipinski definition) is 8. The molecule has 13 nitrogen and oxygen atoms in total. The van der Waals surface area contributed by atoms with Crippen molar-refractivity contribution in [2.24, 2.45) is 20.0 Å². The minimum absolute atomic E-state index is 0.0373. The van der Waals surface area contributed by atoms with Crippen LogP contribution in [-0.4, -0.2) is 98.7 Å². The lowest BCUT2D eigenvalue weighted by atomic mass is 9.89. The third kappa shape index (κ3) is 10.5. The first-order valence-corrected chi connectivity index (χ1v) is 26.1. The highest BCUT2D eigenvalue weighted by Crippen LogP contribution is 2.39. The molecular weight excluding hydrogens is 915 g/mol. The number of phenolic OH excluding ortho intramolecular Hbond substituents is 1. The zero-order valence-corrected chi connectivity index (χ0v) is 42.7. The molecule has 0 spiro atoms. The summed E-state index contributed by atoms with van der Waals surface area (Å²) in [7, 11) is 3.74. The van der Waals surface area contributed by atoms with E-state index in [0.29, 0.717) is 72.5 Å². The number of ether oxygens (including phenoxy) is 2. The van der Waals surface area contributed by atoms with E-state index in [1.54, 1.807) is 46.8 Å². The second-order valence-electron chi connectivity index (χ2n) is 20.6. The highest BCUT2D eigenvalue weighted by molar-refractivity contribution is 6.13. The number of benzene rings is 4. The minimum Gasteiger partial charge on any atom is -0.508 e. The molecule has 0 bridgehead atoms. The van der Waals surface area contributed by atoms with E-state index in [9.17, 15) is 15.2 Å². The number of nitriles is 1. The standard InChI is InChI=1S/C60H67N7O6/c1-40-53(60(71)67(49-16-18-52(68)19-17-49)56-32-50(34-61)62(3)41(56)2)33-57(63(40)4)54-30-46-20-25-65(58(69)28-42-12-14-43(15-13-42)38-73-39-44-21-26-72-27-22-44)35-48(46)31-55(54)59(70)66-36-47-11-7-6-10-45(47)29-51(66)37-64-23-8-5-9-24-64/h6-7,10-19,30-33,44,51,68H,5,8-9,20-29,35-39H2,1-4H3/t51-/m0/s1. The maximum atomic E-state index is 15.8. The Hall–Kier alpha value is -6.98. The Balaban J connectivity index is 0.986. The Morgan fingerprint density at radius 2 is 1.51 bits per heavy atom.